The number of para-hydroxylation sites is 1. The Morgan fingerprint density at radius 2 is 2.13 bits per heavy atom. The lowest BCUT2D eigenvalue weighted by atomic mass is 10.2. The summed E-state index contributed by atoms with van der Waals surface area (Å²) in [5.41, 5.74) is 0.718. The van der Waals surface area contributed by atoms with E-state index in [9.17, 15) is 4.79 Å². The first-order valence-corrected chi connectivity index (χ1v) is 4.82. The highest BCUT2D eigenvalue weighted by Gasteiger charge is 2.17. The van der Waals surface area contributed by atoms with Crippen molar-refractivity contribution in [3.63, 3.8) is 0 Å². The highest BCUT2D eigenvalue weighted by molar-refractivity contribution is 5.85. The molecule has 0 aliphatic carbocycles. The van der Waals surface area contributed by atoms with Crippen molar-refractivity contribution in [2.75, 3.05) is 0 Å². The smallest absolute Gasteiger partial charge is 0.281 e. The molecule has 1 aromatic heterocycles. The van der Waals surface area contributed by atoms with Crippen LogP contribution in [0.5, 0.6) is 0 Å². The summed E-state index contributed by atoms with van der Waals surface area (Å²) in [7, 11) is 0. The van der Waals surface area contributed by atoms with Crippen LogP contribution in [-0.4, -0.2) is 15.8 Å². The fourth-order valence-corrected chi connectivity index (χ4v) is 1.93. The standard InChI is InChI=1S/C11H9N3O/c1-7-12-6-10-13-11(15)8-4-2-3-5-9(8)14(7)10/h2-7H,1H3. The third kappa shape index (κ3) is 1.05. The summed E-state index contributed by atoms with van der Waals surface area (Å²) >= 11 is 0. The molecule has 4 nitrogen and oxygen atoms in total. The van der Waals surface area contributed by atoms with E-state index in [1.165, 1.54) is 0 Å². The van der Waals surface area contributed by atoms with Crippen LogP contribution in [0.25, 0.3) is 10.9 Å². The minimum Gasteiger partial charge on any atom is -0.302 e. The minimum absolute atomic E-state index is 0.0259. The summed E-state index contributed by atoms with van der Waals surface area (Å²) in [6.45, 7) is 1.98. The second kappa shape index (κ2) is 2.76. The van der Waals surface area contributed by atoms with Crippen LogP contribution in [-0.2, 0) is 0 Å². The lowest BCUT2D eigenvalue weighted by Gasteiger charge is -2.11. The fraction of sp³-hybridized carbons (Fsp3) is 0.182. The lowest BCUT2D eigenvalue weighted by Crippen LogP contribution is -2.16. The van der Waals surface area contributed by atoms with Crippen molar-refractivity contribution in [1.29, 1.82) is 0 Å². The van der Waals surface area contributed by atoms with Gasteiger partial charge in [-0.05, 0) is 19.1 Å². The van der Waals surface area contributed by atoms with E-state index in [-0.39, 0.29) is 11.7 Å². The minimum atomic E-state index is -0.183. The number of rotatable bonds is 0. The topological polar surface area (TPSA) is 47.2 Å². The van der Waals surface area contributed by atoms with E-state index in [0.717, 1.165) is 5.52 Å². The van der Waals surface area contributed by atoms with Gasteiger partial charge < -0.3 is 4.57 Å². The molecular formula is C11H9N3O. The van der Waals surface area contributed by atoms with Gasteiger partial charge in [-0.15, -0.1) is 0 Å². The normalized spacial score (nSPS) is 18.3. The Morgan fingerprint density at radius 3 is 3.00 bits per heavy atom. The van der Waals surface area contributed by atoms with Gasteiger partial charge in [-0.3, -0.25) is 9.79 Å². The van der Waals surface area contributed by atoms with E-state index in [1.54, 1.807) is 12.3 Å². The zero-order valence-corrected chi connectivity index (χ0v) is 8.21. The Balaban J connectivity index is 2.54. The molecule has 4 heteroatoms. The highest BCUT2D eigenvalue weighted by atomic mass is 16.1. The monoisotopic (exact) mass is 199 g/mol. The first kappa shape index (κ1) is 8.35. The molecule has 15 heavy (non-hydrogen) atoms. The molecule has 2 heterocycles. The summed E-state index contributed by atoms with van der Waals surface area (Å²) in [6.07, 6.45) is 1.68. The number of hydrogen-bond acceptors (Lipinski definition) is 3. The number of nitrogens with zero attached hydrogens (tertiary/aromatic N) is 3. The Kier molecular flexibility index (Phi) is 1.54. The zero-order chi connectivity index (χ0) is 10.4. The molecule has 0 saturated heterocycles. The van der Waals surface area contributed by atoms with Crippen LogP contribution in [0.3, 0.4) is 0 Å². The van der Waals surface area contributed by atoms with Crippen molar-refractivity contribution in [2.45, 2.75) is 13.1 Å². The van der Waals surface area contributed by atoms with Gasteiger partial charge >= 0.3 is 0 Å². The van der Waals surface area contributed by atoms with Gasteiger partial charge in [-0.1, -0.05) is 12.1 Å². The van der Waals surface area contributed by atoms with Crippen LogP contribution in [0.1, 0.15) is 18.9 Å². The zero-order valence-electron chi connectivity index (χ0n) is 8.21. The average Bonchev–Trinajstić information content (AvgIpc) is 2.61. The predicted molar refractivity (Wildman–Crippen MR) is 58.3 cm³/mol. The molecule has 74 valence electrons. The van der Waals surface area contributed by atoms with Crippen LogP contribution in [0.4, 0.5) is 0 Å². The molecule has 3 rings (SSSR count). The summed E-state index contributed by atoms with van der Waals surface area (Å²) in [6, 6.07) is 7.48. The van der Waals surface area contributed by atoms with Crippen LogP contribution < -0.4 is 5.56 Å². The van der Waals surface area contributed by atoms with Gasteiger partial charge in [-0.25, -0.2) is 0 Å². The molecule has 0 amide bonds. The van der Waals surface area contributed by atoms with Crippen molar-refractivity contribution >= 4 is 17.1 Å². The molecule has 0 spiro atoms. The maximum absolute atomic E-state index is 11.7. The molecule has 1 aromatic carbocycles. The van der Waals surface area contributed by atoms with Crippen molar-refractivity contribution < 1.29 is 0 Å². The molecule has 0 fully saturated rings. The van der Waals surface area contributed by atoms with E-state index < -0.39 is 0 Å². The summed E-state index contributed by atoms with van der Waals surface area (Å²) < 4.78 is 1.97. The first-order chi connectivity index (χ1) is 7.27. The predicted octanol–water partition coefficient (Wildman–Crippen LogP) is 1.35. The van der Waals surface area contributed by atoms with Gasteiger partial charge in [0.1, 0.15) is 6.17 Å². The average molecular weight is 199 g/mol. The lowest BCUT2D eigenvalue weighted by molar-refractivity contribution is 0.604. The van der Waals surface area contributed by atoms with Crippen molar-refractivity contribution in [2.24, 2.45) is 4.99 Å². The SMILES string of the molecule is CC1N=Cc2nc(=O)c3ccccc3n21. The van der Waals surface area contributed by atoms with Crippen LogP contribution in [0, 0.1) is 0 Å². The van der Waals surface area contributed by atoms with Gasteiger partial charge in [0.05, 0.1) is 17.1 Å². The molecular weight excluding hydrogens is 190 g/mol. The van der Waals surface area contributed by atoms with E-state index in [0.29, 0.717) is 11.2 Å². The van der Waals surface area contributed by atoms with Crippen LogP contribution in [0.2, 0.25) is 0 Å². The molecule has 1 atom stereocenters. The Labute approximate surface area is 85.9 Å². The van der Waals surface area contributed by atoms with Crippen molar-refractivity contribution in [3.8, 4) is 0 Å². The number of benzene rings is 1. The third-order valence-electron chi connectivity index (χ3n) is 2.64. The maximum Gasteiger partial charge on any atom is 0.281 e. The quantitative estimate of drug-likeness (QED) is 0.643. The number of aliphatic imine (C=N–C) groups is 1. The van der Waals surface area contributed by atoms with E-state index in [2.05, 4.69) is 9.98 Å². The molecule has 0 N–H and O–H groups in total. The largest absolute Gasteiger partial charge is 0.302 e. The molecule has 0 bridgehead atoms. The molecule has 0 saturated carbocycles. The molecule has 1 aliphatic rings. The molecule has 1 aliphatic heterocycles. The van der Waals surface area contributed by atoms with Crippen LogP contribution >= 0.6 is 0 Å². The van der Waals surface area contributed by atoms with E-state index >= 15 is 0 Å². The van der Waals surface area contributed by atoms with Crippen molar-refractivity contribution in [1.82, 2.24) is 9.55 Å². The Hall–Kier alpha value is -1.97. The van der Waals surface area contributed by atoms with Crippen LogP contribution in [0.15, 0.2) is 34.1 Å². The molecule has 2 aromatic rings. The summed E-state index contributed by atoms with van der Waals surface area (Å²) in [4.78, 5) is 19.9. The number of fused-ring (bicyclic) bond motifs is 3. The Bertz CT molecular complexity index is 627. The second-order valence-corrected chi connectivity index (χ2v) is 3.57. The highest BCUT2D eigenvalue weighted by Crippen LogP contribution is 2.21. The molecule has 1 unspecified atom stereocenters. The van der Waals surface area contributed by atoms with Crippen molar-refractivity contribution in [3.05, 3.63) is 40.4 Å². The van der Waals surface area contributed by atoms with Gasteiger partial charge in [0, 0.05) is 0 Å². The maximum atomic E-state index is 11.7. The number of aromatic nitrogens is 2. The third-order valence-corrected chi connectivity index (χ3v) is 2.64. The van der Waals surface area contributed by atoms with Gasteiger partial charge in [0.2, 0.25) is 0 Å². The van der Waals surface area contributed by atoms with Gasteiger partial charge in [0.25, 0.3) is 5.56 Å². The van der Waals surface area contributed by atoms with E-state index in [4.69, 9.17) is 0 Å². The molecule has 0 radical (unpaired) electrons. The second-order valence-electron chi connectivity index (χ2n) is 3.57. The first-order valence-electron chi connectivity index (χ1n) is 4.82. The van der Waals surface area contributed by atoms with Gasteiger partial charge in [0.15, 0.2) is 5.82 Å². The number of hydrogen-bond donors (Lipinski definition) is 0. The summed E-state index contributed by atoms with van der Waals surface area (Å²) in [5, 5.41) is 0.651. The van der Waals surface area contributed by atoms with Gasteiger partial charge in [-0.2, -0.15) is 4.98 Å². The van der Waals surface area contributed by atoms with E-state index in [1.807, 2.05) is 29.7 Å². The summed E-state index contributed by atoms with van der Waals surface area (Å²) in [5.74, 6) is 0.645. The Morgan fingerprint density at radius 1 is 1.33 bits per heavy atom. The fourth-order valence-electron chi connectivity index (χ4n) is 1.93.